The van der Waals surface area contributed by atoms with Crippen LogP contribution < -0.4 is 5.56 Å². The Morgan fingerprint density at radius 1 is 1.00 bits per heavy atom. The Balaban J connectivity index is 1.69. The van der Waals surface area contributed by atoms with Gasteiger partial charge in [-0.25, -0.2) is 4.68 Å². The molecule has 2 aromatic carbocycles. The Labute approximate surface area is 167 Å². The van der Waals surface area contributed by atoms with Crippen LogP contribution in [-0.2, 0) is 0 Å². The van der Waals surface area contributed by atoms with Gasteiger partial charge in [0.25, 0.3) is 11.5 Å². The van der Waals surface area contributed by atoms with Gasteiger partial charge in [0.2, 0.25) is 0 Å². The second-order valence-electron chi connectivity index (χ2n) is 7.80. The number of likely N-dealkylation sites (tertiary alicyclic amines) is 1. The number of carbonyl (C=O) groups excluding carboxylic acids is 1. The van der Waals surface area contributed by atoms with Crippen LogP contribution in [0.3, 0.4) is 0 Å². The highest BCUT2D eigenvalue weighted by molar-refractivity contribution is 6.06. The van der Waals surface area contributed by atoms with E-state index in [1.165, 1.54) is 5.56 Å². The minimum atomic E-state index is -0.145. The van der Waals surface area contributed by atoms with Gasteiger partial charge in [0, 0.05) is 30.2 Å². The first-order chi connectivity index (χ1) is 14.0. The summed E-state index contributed by atoms with van der Waals surface area (Å²) in [5, 5.41) is 4.54. The van der Waals surface area contributed by atoms with Gasteiger partial charge >= 0.3 is 0 Å². The van der Waals surface area contributed by atoms with E-state index in [9.17, 15) is 9.59 Å². The topological polar surface area (TPSA) is 71.0 Å². The van der Waals surface area contributed by atoms with Crippen LogP contribution >= 0.6 is 0 Å². The zero-order valence-electron chi connectivity index (χ0n) is 16.5. The summed E-state index contributed by atoms with van der Waals surface area (Å²) in [5.74, 6) is 0.0392. The lowest BCUT2D eigenvalue weighted by Gasteiger charge is -2.15. The van der Waals surface area contributed by atoms with Crippen molar-refractivity contribution in [3.8, 4) is 5.69 Å². The number of nitrogens with zero attached hydrogens (tertiary/aromatic N) is 3. The van der Waals surface area contributed by atoms with Gasteiger partial charge in [0.1, 0.15) is 0 Å². The third-order valence-electron chi connectivity index (χ3n) is 5.91. The monoisotopic (exact) mass is 386 g/mol. The molecule has 5 rings (SSSR count). The van der Waals surface area contributed by atoms with Crippen LogP contribution in [0.5, 0.6) is 0 Å². The molecule has 1 aliphatic heterocycles. The number of hydrogen-bond donors (Lipinski definition) is 1. The lowest BCUT2D eigenvalue weighted by molar-refractivity contribution is 0.0793. The maximum atomic E-state index is 13.0. The number of aromatic nitrogens is 3. The Morgan fingerprint density at radius 2 is 1.79 bits per heavy atom. The first kappa shape index (κ1) is 17.7. The second-order valence-corrected chi connectivity index (χ2v) is 7.80. The number of hydrogen-bond acceptors (Lipinski definition) is 3. The number of aryl methyl sites for hydroxylation is 2. The SMILES string of the molecule is Cc1ccc(-n2[nH]c3c(cnc4ccc(C(=O)N5CCCC5)cc43)c2=O)cc1C. The molecule has 1 aliphatic rings. The number of rotatable bonds is 2. The predicted octanol–water partition coefficient (Wildman–Crippen LogP) is 3.72. The van der Waals surface area contributed by atoms with Crippen molar-refractivity contribution in [3.63, 3.8) is 0 Å². The van der Waals surface area contributed by atoms with E-state index in [1.807, 2.05) is 55.1 Å². The van der Waals surface area contributed by atoms with Gasteiger partial charge in [-0.15, -0.1) is 0 Å². The van der Waals surface area contributed by atoms with E-state index < -0.39 is 0 Å². The molecule has 1 N–H and O–H groups in total. The molecule has 1 amide bonds. The zero-order chi connectivity index (χ0) is 20.1. The van der Waals surface area contributed by atoms with Crippen LogP contribution in [0.25, 0.3) is 27.5 Å². The van der Waals surface area contributed by atoms with Crippen molar-refractivity contribution < 1.29 is 4.79 Å². The lowest BCUT2D eigenvalue weighted by atomic mass is 10.1. The summed E-state index contributed by atoms with van der Waals surface area (Å²) in [6.07, 6.45) is 3.71. The van der Waals surface area contributed by atoms with Crippen molar-refractivity contribution in [2.75, 3.05) is 13.1 Å². The third-order valence-corrected chi connectivity index (χ3v) is 5.91. The van der Waals surface area contributed by atoms with Crippen molar-refractivity contribution in [1.82, 2.24) is 19.7 Å². The number of fused-ring (bicyclic) bond motifs is 3. The molecule has 0 spiro atoms. The molecule has 0 bridgehead atoms. The highest BCUT2D eigenvalue weighted by Gasteiger charge is 2.20. The summed E-state index contributed by atoms with van der Waals surface area (Å²) < 4.78 is 1.55. The van der Waals surface area contributed by atoms with Gasteiger partial charge in [-0.1, -0.05) is 6.07 Å². The molecule has 2 aromatic heterocycles. The molecule has 0 unspecified atom stereocenters. The smallest absolute Gasteiger partial charge is 0.280 e. The average molecular weight is 386 g/mol. The Bertz CT molecular complexity index is 1330. The zero-order valence-corrected chi connectivity index (χ0v) is 16.5. The van der Waals surface area contributed by atoms with Crippen LogP contribution in [0, 0.1) is 13.8 Å². The van der Waals surface area contributed by atoms with Crippen LogP contribution in [-0.4, -0.2) is 38.7 Å². The molecule has 3 heterocycles. The van der Waals surface area contributed by atoms with E-state index in [-0.39, 0.29) is 11.5 Å². The largest absolute Gasteiger partial charge is 0.339 e. The summed E-state index contributed by atoms with van der Waals surface area (Å²) in [5.41, 5.74) is 5.03. The first-order valence-corrected chi connectivity index (χ1v) is 9.93. The van der Waals surface area contributed by atoms with E-state index in [2.05, 4.69) is 10.1 Å². The molecule has 0 radical (unpaired) electrons. The molecule has 1 fully saturated rings. The average Bonchev–Trinajstić information content (AvgIpc) is 3.38. The molecule has 0 saturated carbocycles. The van der Waals surface area contributed by atoms with Crippen molar-refractivity contribution in [2.45, 2.75) is 26.7 Å². The molecule has 6 nitrogen and oxygen atoms in total. The molecule has 29 heavy (non-hydrogen) atoms. The standard InChI is InChI=1S/C23H22N4O2/c1-14-5-7-17(11-15(14)2)27-23(29)19-13-24-20-8-6-16(12-18(20)21(19)25-27)22(28)26-9-3-4-10-26/h5-8,11-13,25H,3-4,9-10H2,1-2H3. The van der Waals surface area contributed by atoms with E-state index in [1.54, 1.807) is 10.9 Å². The summed E-state index contributed by atoms with van der Waals surface area (Å²) in [6, 6.07) is 11.4. The molecule has 4 aromatic rings. The fourth-order valence-electron chi connectivity index (χ4n) is 4.04. The number of amides is 1. The normalized spacial score (nSPS) is 14.2. The minimum Gasteiger partial charge on any atom is -0.339 e. The first-order valence-electron chi connectivity index (χ1n) is 9.93. The van der Waals surface area contributed by atoms with Gasteiger partial charge in [-0.05, 0) is 68.1 Å². The third kappa shape index (κ3) is 2.83. The van der Waals surface area contributed by atoms with Crippen LogP contribution in [0.4, 0.5) is 0 Å². The summed E-state index contributed by atoms with van der Waals surface area (Å²) in [4.78, 5) is 32.2. The second kappa shape index (κ2) is 6.58. The van der Waals surface area contributed by atoms with Crippen molar-refractivity contribution in [3.05, 3.63) is 69.6 Å². The number of aromatic amines is 1. The van der Waals surface area contributed by atoms with Crippen LogP contribution in [0.15, 0.2) is 47.4 Å². The lowest BCUT2D eigenvalue weighted by Crippen LogP contribution is -2.27. The number of pyridine rings is 1. The number of nitrogens with one attached hydrogen (secondary N) is 1. The van der Waals surface area contributed by atoms with Gasteiger partial charge in [0.05, 0.1) is 22.1 Å². The van der Waals surface area contributed by atoms with Crippen LogP contribution in [0.2, 0.25) is 0 Å². The fourth-order valence-corrected chi connectivity index (χ4v) is 4.04. The van der Waals surface area contributed by atoms with Crippen molar-refractivity contribution in [2.24, 2.45) is 0 Å². The molecule has 6 heteroatoms. The quantitative estimate of drug-likeness (QED) is 0.571. The Hall–Kier alpha value is -3.41. The maximum absolute atomic E-state index is 13.0. The molecule has 0 aliphatic carbocycles. The number of benzene rings is 2. The molecule has 146 valence electrons. The Kier molecular flexibility index (Phi) is 4.01. The fraction of sp³-hybridized carbons (Fsp3) is 0.261. The summed E-state index contributed by atoms with van der Waals surface area (Å²) >= 11 is 0. The van der Waals surface area contributed by atoms with E-state index >= 15 is 0 Å². The van der Waals surface area contributed by atoms with Gasteiger partial charge in [0.15, 0.2) is 0 Å². The molecule has 1 saturated heterocycles. The highest BCUT2D eigenvalue weighted by Crippen LogP contribution is 2.24. The van der Waals surface area contributed by atoms with Gasteiger partial charge in [-0.3, -0.25) is 19.7 Å². The highest BCUT2D eigenvalue weighted by atomic mass is 16.2. The summed E-state index contributed by atoms with van der Waals surface area (Å²) in [6.45, 7) is 5.68. The van der Waals surface area contributed by atoms with Crippen molar-refractivity contribution >= 4 is 27.7 Å². The molecule has 0 atom stereocenters. The van der Waals surface area contributed by atoms with E-state index in [0.29, 0.717) is 16.5 Å². The van der Waals surface area contributed by atoms with Crippen molar-refractivity contribution in [1.29, 1.82) is 0 Å². The Morgan fingerprint density at radius 3 is 2.55 bits per heavy atom. The van der Waals surface area contributed by atoms with Gasteiger partial charge in [-0.2, -0.15) is 0 Å². The maximum Gasteiger partial charge on any atom is 0.280 e. The minimum absolute atomic E-state index is 0.0392. The summed E-state index contributed by atoms with van der Waals surface area (Å²) in [7, 11) is 0. The molecular weight excluding hydrogens is 364 g/mol. The van der Waals surface area contributed by atoms with E-state index in [0.717, 1.165) is 48.1 Å². The number of carbonyl (C=O) groups is 1. The van der Waals surface area contributed by atoms with Crippen LogP contribution in [0.1, 0.15) is 34.3 Å². The van der Waals surface area contributed by atoms with E-state index in [4.69, 9.17) is 0 Å². The number of H-pyrrole nitrogens is 1. The predicted molar refractivity (Wildman–Crippen MR) is 114 cm³/mol. The van der Waals surface area contributed by atoms with Gasteiger partial charge < -0.3 is 4.90 Å². The molecular formula is C23H22N4O2.